The predicted octanol–water partition coefficient (Wildman–Crippen LogP) is 3.07. The summed E-state index contributed by atoms with van der Waals surface area (Å²) in [5.41, 5.74) is 2.07. The molecule has 3 rings (SSSR count). The fourth-order valence-corrected chi connectivity index (χ4v) is 3.89. The first kappa shape index (κ1) is 25.4. The van der Waals surface area contributed by atoms with E-state index in [2.05, 4.69) is 9.80 Å². The maximum atomic E-state index is 10.3. The van der Waals surface area contributed by atoms with E-state index in [-0.39, 0.29) is 0 Å². The highest BCUT2D eigenvalue weighted by molar-refractivity contribution is 6.30. The first-order chi connectivity index (χ1) is 15.5. The number of halogens is 2. The normalized spacial score (nSPS) is 17.4. The van der Waals surface area contributed by atoms with Gasteiger partial charge in [0.15, 0.2) is 0 Å². The molecule has 8 heteroatoms. The number of β-amino-alcohol motifs (C(OH)–C–C–N with tert-alkyl or cyclic N) is 2. The average Bonchev–Trinajstić information content (AvgIpc) is 2.78. The second-order valence-corrected chi connectivity index (χ2v) is 9.06. The van der Waals surface area contributed by atoms with E-state index in [1.165, 1.54) is 0 Å². The lowest BCUT2D eigenvalue weighted by molar-refractivity contribution is -0.0135. The summed E-state index contributed by atoms with van der Waals surface area (Å²) in [6.45, 7) is 6.10. The molecule has 0 spiro atoms. The van der Waals surface area contributed by atoms with Crippen LogP contribution < -0.4 is 0 Å². The maximum absolute atomic E-state index is 10.3. The van der Waals surface area contributed by atoms with Crippen molar-refractivity contribution in [3.63, 3.8) is 0 Å². The number of rotatable bonds is 12. The van der Waals surface area contributed by atoms with Crippen LogP contribution in [0.3, 0.4) is 0 Å². The zero-order valence-electron chi connectivity index (χ0n) is 18.2. The molecule has 0 amide bonds. The average molecular weight is 483 g/mol. The van der Waals surface area contributed by atoms with Crippen molar-refractivity contribution in [1.82, 2.24) is 9.80 Å². The van der Waals surface area contributed by atoms with Crippen LogP contribution >= 0.6 is 23.2 Å². The first-order valence-electron chi connectivity index (χ1n) is 10.9. The SMILES string of the molecule is O[C@@H](COCc1ccc(Cl)cc1)CN1CCN(C[C@@H](O)COCc2ccc(Cl)cc2)CC1. The predicted molar refractivity (Wildman–Crippen MR) is 127 cm³/mol. The summed E-state index contributed by atoms with van der Waals surface area (Å²) in [7, 11) is 0. The zero-order chi connectivity index (χ0) is 22.8. The number of hydrogen-bond donors (Lipinski definition) is 2. The van der Waals surface area contributed by atoms with Gasteiger partial charge in [-0.3, -0.25) is 9.80 Å². The Kier molecular flexibility index (Phi) is 10.7. The highest BCUT2D eigenvalue weighted by Gasteiger charge is 2.21. The summed E-state index contributed by atoms with van der Waals surface area (Å²) >= 11 is 11.8. The van der Waals surface area contributed by atoms with E-state index >= 15 is 0 Å². The van der Waals surface area contributed by atoms with Gasteiger partial charge in [0.2, 0.25) is 0 Å². The van der Waals surface area contributed by atoms with Crippen LogP contribution in [0, 0.1) is 0 Å². The molecule has 0 radical (unpaired) electrons. The molecule has 2 aromatic carbocycles. The van der Waals surface area contributed by atoms with Gasteiger partial charge in [0, 0.05) is 49.3 Å². The number of ether oxygens (including phenoxy) is 2. The van der Waals surface area contributed by atoms with Gasteiger partial charge in [0.25, 0.3) is 0 Å². The van der Waals surface area contributed by atoms with Crippen molar-refractivity contribution in [3.8, 4) is 0 Å². The van der Waals surface area contributed by atoms with Crippen LogP contribution in [0.1, 0.15) is 11.1 Å². The second kappa shape index (κ2) is 13.5. The summed E-state index contributed by atoms with van der Waals surface area (Å²) in [5, 5.41) is 22.0. The molecule has 0 aliphatic carbocycles. The van der Waals surface area contributed by atoms with Crippen molar-refractivity contribution in [2.24, 2.45) is 0 Å². The number of nitrogens with zero attached hydrogens (tertiary/aromatic N) is 2. The van der Waals surface area contributed by atoms with Gasteiger partial charge in [-0.1, -0.05) is 47.5 Å². The van der Waals surface area contributed by atoms with Crippen molar-refractivity contribution in [3.05, 3.63) is 69.7 Å². The first-order valence-corrected chi connectivity index (χ1v) is 11.7. The van der Waals surface area contributed by atoms with E-state index in [0.717, 1.165) is 37.3 Å². The van der Waals surface area contributed by atoms with Gasteiger partial charge in [-0.25, -0.2) is 0 Å². The lowest BCUT2D eigenvalue weighted by Gasteiger charge is -2.36. The Morgan fingerprint density at radius 3 is 1.34 bits per heavy atom. The minimum absolute atomic E-state index is 0.298. The van der Waals surface area contributed by atoms with Gasteiger partial charge in [-0.2, -0.15) is 0 Å². The highest BCUT2D eigenvalue weighted by atomic mass is 35.5. The van der Waals surface area contributed by atoms with E-state index in [4.69, 9.17) is 32.7 Å². The third kappa shape index (κ3) is 9.33. The molecule has 1 heterocycles. The van der Waals surface area contributed by atoms with Gasteiger partial charge in [0.05, 0.1) is 38.6 Å². The number of piperazine rings is 1. The molecular weight excluding hydrogens is 451 g/mol. The molecule has 1 saturated heterocycles. The zero-order valence-corrected chi connectivity index (χ0v) is 19.7. The second-order valence-electron chi connectivity index (χ2n) is 8.19. The van der Waals surface area contributed by atoms with E-state index in [1.54, 1.807) is 0 Å². The summed E-state index contributed by atoms with van der Waals surface area (Å²) in [6, 6.07) is 15.0. The molecule has 0 unspecified atom stereocenters. The van der Waals surface area contributed by atoms with Crippen LogP contribution in [-0.4, -0.2) is 84.7 Å². The van der Waals surface area contributed by atoms with Crippen LogP contribution in [0.2, 0.25) is 10.0 Å². The van der Waals surface area contributed by atoms with Crippen LogP contribution in [0.4, 0.5) is 0 Å². The van der Waals surface area contributed by atoms with Crippen LogP contribution in [-0.2, 0) is 22.7 Å². The van der Waals surface area contributed by atoms with Crippen molar-refractivity contribution in [2.45, 2.75) is 25.4 Å². The van der Waals surface area contributed by atoms with Gasteiger partial charge < -0.3 is 19.7 Å². The van der Waals surface area contributed by atoms with Gasteiger partial charge in [-0.15, -0.1) is 0 Å². The van der Waals surface area contributed by atoms with E-state index in [0.29, 0.717) is 49.6 Å². The fraction of sp³-hybridized carbons (Fsp3) is 0.500. The lowest BCUT2D eigenvalue weighted by Crippen LogP contribution is -2.51. The quantitative estimate of drug-likeness (QED) is 0.484. The Bertz CT molecular complexity index is 716. The van der Waals surface area contributed by atoms with Crippen molar-refractivity contribution < 1.29 is 19.7 Å². The van der Waals surface area contributed by atoms with Crippen LogP contribution in [0.15, 0.2) is 48.5 Å². The summed E-state index contributed by atoms with van der Waals surface area (Å²) < 4.78 is 11.3. The topological polar surface area (TPSA) is 65.4 Å². The molecule has 32 heavy (non-hydrogen) atoms. The van der Waals surface area contributed by atoms with E-state index in [9.17, 15) is 10.2 Å². The molecule has 0 aromatic heterocycles. The maximum Gasteiger partial charge on any atom is 0.0900 e. The molecule has 1 aliphatic rings. The Morgan fingerprint density at radius 1 is 0.656 bits per heavy atom. The Labute approximate surface area is 200 Å². The number of aliphatic hydroxyl groups excluding tert-OH is 2. The van der Waals surface area contributed by atoms with Crippen molar-refractivity contribution in [1.29, 1.82) is 0 Å². The van der Waals surface area contributed by atoms with Crippen molar-refractivity contribution in [2.75, 3.05) is 52.5 Å². The summed E-state index contributed by atoms with van der Waals surface area (Å²) in [6.07, 6.45) is -1.05. The molecule has 2 aromatic rings. The Balaban J connectivity index is 1.24. The molecule has 176 valence electrons. The van der Waals surface area contributed by atoms with E-state index in [1.807, 2.05) is 48.5 Å². The summed E-state index contributed by atoms with van der Waals surface area (Å²) in [5.74, 6) is 0. The molecule has 1 fully saturated rings. The largest absolute Gasteiger partial charge is 0.389 e. The van der Waals surface area contributed by atoms with Crippen LogP contribution in [0.5, 0.6) is 0 Å². The third-order valence-electron chi connectivity index (χ3n) is 5.39. The van der Waals surface area contributed by atoms with E-state index < -0.39 is 12.2 Å². The Morgan fingerprint density at radius 2 is 1.00 bits per heavy atom. The molecular formula is C24H32Cl2N2O4. The molecule has 0 saturated carbocycles. The standard InChI is InChI=1S/C24H32Cl2N2O4/c25-21-5-1-19(2-6-21)15-31-17-23(29)13-27-9-11-28(12-10-27)14-24(30)18-32-16-20-3-7-22(26)8-4-20/h1-8,23-24,29-30H,9-18H2/t23-,24-/m1/s1. The van der Waals surface area contributed by atoms with Crippen LogP contribution in [0.25, 0.3) is 0 Å². The minimum Gasteiger partial charge on any atom is -0.389 e. The number of aliphatic hydroxyl groups is 2. The molecule has 0 bridgehead atoms. The minimum atomic E-state index is -0.527. The lowest BCUT2D eigenvalue weighted by atomic mass is 10.2. The molecule has 2 N–H and O–H groups in total. The number of hydrogen-bond acceptors (Lipinski definition) is 6. The molecule has 6 nitrogen and oxygen atoms in total. The summed E-state index contributed by atoms with van der Waals surface area (Å²) in [4.78, 5) is 4.46. The Hall–Kier alpha value is -1.22. The van der Waals surface area contributed by atoms with Gasteiger partial charge in [-0.05, 0) is 35.4 Å². The fourth-order valence-electron chi connectivity index (χ4n) is 3.64. The molecule has 2 atom stereocenters. The van der Waals surface area contributed by atoms with Gasteiger partial charge in [0.1, 0.15) is 0 Å². The monoisotopic (exact) mass is 482 g/mol. The molecule has 1 aliphatic heterocycles. The number of benzene rings is 2. The van der Waals surface area contributed by atoms with Crippen molar-refractivity contribution >= 4 is 23.2 Å². The smallest absolute Gasteiger partial charge is 0.0900 e. The third-order valence-corrected chi connectivity index (χ3v) is 5.89. The van der Waals surface area contributed by atoms with Gasteiger partial charge >= 0.3 is 0 Å². The highest BCUT2D eigenvalue weighted by Crippen LogP contribution is 2.12.